The van der Waals surface area contributed by atoms with Crippen LogP contribution in [0.2, 0.25) is 0 Å². The molecular formula is C16H12O5. The van der Waals surface area contributed by atoms with E-state index in [1.54, 1.807) is 24.3 Å². The van der Waals surface area contributed by atoms with Crippen molar-refractivity contribution in [2.45, 2.75) is 6.61 Å². The summed E-state index contributed by atoms with van der Waals surface area (Å²) in [6, 6.07) is 10.8. The van der Waals surface area contributed by atoms with E-state index in [9.17, 15) is 14.4 Å². The van der Waals surface area contributed by atoms with Gasteiger partial charge < -0.3 is 9.84 Å². The molecule has 106 valence electrons. The maximum Gasteiger partial charge on any atom is 0.335 e. The van der Waals surface area contributed by atoms with Crippen LogP contribution in [0.4, 0.5) is 0 Å². The summed E-state index contributed by atoms with van der Waals surface area (Å²) in [6.07, 6.45) is 1.28. The van der Waals surface area contributed by atoms with E-state index in [-0.39, 0.29) is 12.2 Å². The Morgan fingerprint density at radius 3 is 2.33 bits per heavy atom. The first kappa shape index (κ1) is 14.5. The van der Waals surface area contributed by atoms with Crippen molar-refractivity contribution in [2.24, 2.45) is 0 Å². The lowest BCUT2D eigenvalue weighted by Gasteiger charge is -2.09. The molecule has 0 atom stereocenters. The van der Waals surface area contributed by atoms with E-state index in [0.717, 1.165) is 5.56 Å². The summed E-state index contributed by atoms with van der Waals surface area (Å²) in [5.74, 6) is -0.618. The standard InChI is InChI=1S/C16H12O5/c17-8-12-3-6-15(14(7-12)9-18)21-10-11-1-4-13(5-2-11)16(19)20/h1-9H,10H2,(H,19,20). The van der Waals surface area contributed by atoms with E-state index in [1.165, 1.54) is 18.2 Å². The first-order chi connectivity index (χ1) is 10.1. The van der Waals surface area contributed by atoms with Crippen LogP contribution >= 0.6 is 0 Å². The molecular weight excluding hydrogens is 272 g/mol. The van der Waals surface area contributed by atoms with Crippen LogP contribution in [0.15, 0.2) is 42.5 Å². The van der Waals surface area contributed by atoms with Crippen LogP contribution in [0.25, 0.3) is 0 Å². The summed E-state index contributed by atoms with van der Waals surface area (Å²) in [5.41, 5.74) is 1.66. The van der Waals surface area contributed by atoms with E-state index in [0.29, 0.717) is 29.4 Å². The summed E-state index contributed by atoms with van der Waals surface area (Å²) < 4.78 is 5.52. The van der Waals surface area contributed by atoms with Crippen LogP contribution in [0.1, 0.15) is 36.6 Å². The molecule has 5 nitrogen and oxygen atoms in total. The molecule has 0 saturated heterocycles. The van der Waals surface area contributed by atoms with E-state index < -0.39 is 5.97 Å². The fourth-order valence-electron chi connectivity index (χ4n) is 1.77. The van der Waals surface area contributed by atoms with Crippen molar-refractivity contribution >= 4 is 18.5 Å². The van der Waals surface area contributed by atoms with Crippen molar-refractivity contribution in [2.75, 3.05) is 0 Å². The Morgan fingerprint density at radius 2 is 1.76 bits per heavy atom. The van der Waals surface area contributed by atoms with Gasteiger partial charge in [-0.15, -0.1) is 0 Å². The zero-order valence-corrected chi connectivity index (χ0v) is 11.0. The van der Waals surface area contributed by atoms with E-state index in [2.05, 4.69) is 0 Å². The maximum absolute atomic E-state index is 11.0. The van der Waals surface area contributed by atoms with E-state index in [4.69, 9.17) is 9.84 Å². The average molecular weight is 284 g/mol. The molecule has 0 aliphatic heterocycles. The number of rotatable bonds is 6. The molecule has 0 spiro atoms. The third-order valence-corrected chi connectivity index (χ3v) is 2.89. The van der Waals surface area contributed by atoms with Crippen molar-refractivity contribution in [3.63, 3.8) is 0 Å². The maximum atomic E-state index is 11.0. The zero-order valence-electron chi connectivity index (χ0n) is 11.0. The highest BCUT2D eigenvalue weighted by atomic mass is 16.5. The Bertz CT molecular complexity index is 674. The van der Waals surface area contributed by atoms with Crippen LogP contribution in [0.5, 0.6) is 5.75 Å². The quantitative estimate of drug-likeness (QED) is 0.824. The Kier molecular flexibility index (Phi) is 4.46. The molecule has 21 heavy (non-hydrogen) atoms. The fraction of sp³-hybridized carbons (Fsp3) is 0.0625. The second-order valence-corrected chi connectivity index (χ2v) is 4.32. The van der Waals surface area contributed by atoms with Crippen LogP contribution in [-0.2, 0) is 6.61 Å². The SMILES string of the molecule is O=Cc1ccc(OCc2ccc(C(=O)O)cc2)c(C=O)c1. The predicted molar refractivity (Wildman–Crippen MR) is 75.0 cm³/mol. The number of hydrogen-bond acceptors (Lipinski definition) is 4. The molecule has 0 radical (unpaired) electrons. The minimum atomic E-state index is -0.991. The molecule has 0 saturated carbocycles. The number of aldehydes is 2. The molecule has 0 aliphatic carbocycles. The molecule has 0 unspecified atom stereocenters. The molecule has 2 aromatic rings. The van der Waals surface area contributed by atoms with Gasteiger partial charge in [-0.1, -0.05) is 12.1 Å². The van der Waals surface area contributed by atoms with E-state index in [1.807, 2.05) is 0 Å². The molecule has 0 aliphatic rings. The molecule has 0 bridgehead atoms. The van der Waals surface area contributed by atoms with Gasteiger partial charge in [-0.3, -0.25) is 9.59 Å². The summed E-state index contributed by atoms with van der Waals surface area (Å²) in [4.78, 5) is 32.3. The number of hydrogen-bond donors (Lipinski definition) is 1. The van der Waals surface area contributed by atoms with Gasteiger partial charge in [-0.05, 0) is 35.9 Å². The van der Waals surface area contributed by atoms with Crippen LogP contribution in [0, 0.1) is 0 Å². The molecule has 2 aromatic carbocycles. The summed E-state index contributed by atoms with van der Waals surface area (Å²) >= 11 is 0. The van der Waals surface area contributed by atoms with Gasteiger partial charge in [0.05, 0.1) is 11.1 Å². The van der Waals surface area contributed by atoms with Crippen molar-refractivity contribution in [1.29, 1.82) is 0 Å². The first-order valence-electron chi connectivity index (χ1n) is 6.13. The lowest BCUT2D eigenvalue weighted by atomic mass is 10.1. The molecule has 5 heteroatoms. The van der Waals surface area contributed by atoms with Gasteiger partial charge in [-0.2, -0.15) is 0 Å². The van der Waals surface area contributed by atoms with Gasteiger partial charge in [0.25, 0.3) is 0 Å². The number of carbonyl (C=O) groups excluding carboxylic acids is 2. The number of benzene rings is 2. The van der Waals surface area contributed by atoms with Gasteiger partial charge in [0, 0.05) is 5.56 Å². The Labute approximate surface area is 120 Å². The molecule has 0 heterocycles. The van der Waals surface area contributed by atoms with Crippen molar-refractivity contribution in [3.05, 3.63) is 64.7 Å². The monoisotopic (exact) mass is 284 g/mol. The average Bonchev–Trinajstić information content (AvgIpc) is 2.53. The highest BCUT2D eigenvalue weighted by molar-refractivity contribution is 5.87. The normalized spacial score (nSPS) is 9.90. The topological polar surface area (TPSA) is 80.7 Å². The van der Waals surface area contributed by atoms with Gasteiger partial charge in [0.2, 0.25) is 0 Å². The van der Waals surface area contributed by atoms with Crippen LogP contribution in [0.3, 0.4) is 0 Å². The zero-order chi connectivity index (χ0) is 15.2. The van der Waals surface area contributed by atoms with Crippen molar-refractivity contribution in [3.8, 4) is 5.75 Å². The summed E-state index contributed by atoms with van der Waals surface area (Å²) in [7, 11) is 0. The van der Waals surface area contributed by atoms with E-state index >= 15 is 0 Å². The first-order valence-corrected chi connectivity index (χ1v) is 6.13. The number of aromatic carboxylic acids is 1. The summed E-state index contributed by atoms with van der Waals surface area (Å²) in [6.45, 7) is 0.196. The third kappa shape index (κ3) is 3.54. The molecule has 2 rings (SSSR count). The molecule has 1 N–H and O–H groups in total. The highest BCUT2D eigenvalue weighted by Crippen LogP contribution is 2.19. The number of carboxylic acids is 1. The second kappa shape index (κ2) is 6.47. The lowest BCUT2D eigenvalue weighted by molar-refractivity contribution is 0.0696. The van der Waals surface area contributed by atoms with Crippen LogP contribution in [-0.4, -0.2) is 23.6 Å². The largest absolute Gasteiger partial charge is 0.488 e. The predicted octanol–water partition coefficient (Wildman–Crippen LogP) is 2.59. The lowest BCUT2D eigenvalue weighted by Crippen LogP contribution is -2.00. The number of carboxylic acid groups (broad SMARTS) is 1. The number of ether oxygens (including phenoxy) is 1. The van der Waals surface area contributed by atoms with Gasteiger partial charge in [-0.25, -0.2) is 4.79 Å². The number of carbonyl (C=O) groups is 3. The highest BCUT2D eigenvalue weighted by Gasteiger charge is 2.06. The van der Waals surface area contributed by atoms with Gasteiger partial charge in [0.15, 0.2) is 6.29 Å². The van der Waals surface area contributed by atoms with Crippen LogP contribution < -0.4 is 4.74 Å². The minimum absolute atomic E-state index is 0.196. The molecule has 0 aromatic heterocycles. The van der Waals surface area contributed by atoms with Gasteiger partial charge >= 0.3 is 5.97 Å². The Hall–Kier alpha value is -2.95. The molecule has 0 amide bonds. The third-order valence-electron chi connectivity index (χ3n) is 2.89. The minimum Gasteiger partial charge on any atom is -0.488 e. The Morgan fingerprint density at radius 1 is 1.05 bits per heavy atom. The van der Waals surface area contributed by atoms with Crippen molar-refractivity contribution in [1.82, 2.24) is 0 Å². The second-order valence-electron chi connectivity index (χ2n) is 4.32. The Balaban J connectivity index is 2.10. The molecule has 0 fully saturated rings. The van der Waals surface area contributed by atoms with Gasteiger partial charge in [0.1, 0.15) is 18.6 Å². The van der Waals surface area contributed by atoms with Crippen molar-refractivity contribution < 1.29 is 24.2 Å². The summed E-state index contributed by atoms with van der Waals surface area (Å²) in [5, 5.41) is 8.80. The fourth-order valence-corrected chi connectivity index (χ4v) is 1.77. The smallest absolute Gasteiger partial charge is 0.335 e.